The zero-order valence-corrected chi connectivity index (χ0v) is 14.4. The van der Waals surface area contributed by atoms with E-state index in [0.717, 1.165) is 6.07 Å². The fraction of sp³-hybridized carbons (Fsp3) is 0.562. The highest BCUT2D eigenvalue weighted by molar-refractivity contribution is 5.67. The maximum Gasteiger partial charge on any atom is 0.573 e. The van der Waals surface area contributed by atoms with E-state index < -0.39 is 41.8 Å². The fourth-order valence-electron chi connectivity index (χ4n) is 1.92. The number of carbonyl (C=O) groups excluding carboxylic acids is 1. The van der Waals surface area contributed by atoms with Gasteiger partial charge in [-0.05, 0) is 44.9 Å². The van der Waals surface area contributed by atoms with Crippen molar-refractivity contribution in [2.45, 2.75) is 51.4 Å². The zero-order valence-electron chi connectivity index (χ0n) is 14.4. The lowest BCUT2D eigenvalue weighted by Gasteiger charge is -2.21. The third-order valence-corrected chi connectivity index (χ3v) is 3.00. The van der Waals surface area contributed by atoms with Crippen molar-refractivity contribution < 1.29 is 42.0 Å². The monoisotopic (exact) mass is 383 g/mol. The van der Waals surface area contributed by atoms with Crippen LogP contribution in [0.5, 0.6) is 5.75 Å². The molecule has 1 aromatic carbocycles. The summed E-state index contributed by atoms with van der Waals surface area (Å²) in [4.78, 5) is 11.4. The number of aliphatic hydroxyl groups is 2. The van der Waals surface area contributed by atoms with Gasteiger partial charge in [-0.1, -0.05) is 6.07 Å². The normalized spacial score (nSPS) is 14.5. The van der Waals surface area contributed by atoms with Gasteiger partial charge in [0.05, 0.1) is 6.10 Å². The summed E-state index contributed by atoms with van der Waals surface area (Å²) >= 11 is 0. The summed E-state index contributed by atoms with van der Waals surface area (Å²) in [7, 11) is 0. The van der Waals surface area contributed by atoms with Gasteiger partial charge in [-0.2, -0.15) is 0 Å². The van der Waals surface area contributed by atoms with Crippen molar-refractivity contribution in [2.24, 2.45) is 0 Å². The van der Waals surface area contributed by atoms with E-state index >= 15 is 0 Å². The van der Waals surface area contributed by atoms with Crippen LogP contribution in [-0.2, 0) is 4.74 Å². The third kappa shape index (κ3) is 7.87. The number of hydrogen-bond acceptors (Lipinski definition) is 5. The molecule has 0 bridgehead atoms. The van der Waals surface area contributed by atoms with Gasteiger partial charge >= 0.3 is 12.5 Å². The molecule has 1 aromatic rings. The molecule has 10 heteroatoms. The number of benzene rings is 1. The molecular formula is C16H21F4NO5. The number of nitrogens with one attached hydrogen (secondary N) is 1. The number of alkyl halides is 3. The number of ether oxygens (including phenoxy) is 2. The van der Waals surface area contributed by atoms with E-state index in [1.165, 1.54) is 0 Å². The highest BCUT2D eigenvalue weighted by atomic mass is 19.4. The Morgan fingerprint density at radius 1 is 1.23 bits per heavy atom. The van der Waals surface area contributed by atoms with Gasteiger partial charge < -0.3 is 25.0 Å². The van der Waals surface area contributed by atoms with Crippen molar-refractivity contribution in [3.63, 3.8) is 0 Å². The van der Waals surface area contributed by atoms with Gasteiger partial charge in [0.25, 0.3) is 0 Å². The molecule has 0 saturated carbocycles. The molecule has 0 aliphatic heterocycles. The number of carbonyl (C=O) groups is 1. The van der Waals surface area contributed by atoms with Crippen molar-refractivity contribution in [3.8, 4) is 5.75 Å². The van der Waals surface area contributed by atoms with Crippen molar-refractivity contribution >= 4 is 6.09 Å². The molecule has 2 unspecified atom stereocenters. The molecule has 0 heterocycles. The summed E-state index contributed by atoms with van der Waals surface area (Å²) in [6, 6.07) is 2.34. The van der Waals surface area contributed by atoms with E-state index in [0.29, 0.717) is 12.1 Å². The average Bonchev–Trinajstić information content (AvgIpc) is 2.45. The molecule has 0 aliphatic carbocycles. The maximum absolute atomic E-state index is 13.6. The summed E-state index contributed by atoms with van der Waals surface area (Å²) in [5.41, 5.74) is -0.832. The molecule has 0 aliphatic rings. The van der Waals surface area contributed by atoms with Crippen molar-refractivity contribution in [1.82, 2.24) is 5.32 Å². The third-order valence-electron chi connectivity index (χ3n) is 3.00. The van der Waals surface area contributed by atoms with Crippen molar-refractivity contribution in [3.05, 3.63) is 29.6 Å². The first kappa shape index (κ1) is 22.0. The summed E-state index contributed by atoms with van der Waals surface area (Å²) < 4.78 is 58.4. The first-order chi connectivity index (χ1) is 11.8. The molecule has 2 atom stereocenters. The predicted molar refractivity (Wildman–Crippen MR) is 82.9 cm³/mol. The maximum atomic E-state index is 13.6. The van der Waals surface area contributed by atoms with E-state index in [1.807, 2.05) is 0 Å². The minimum atomic E-state index is -5.05. The lowest BCUT2D eigenvalue weighted by Crippen LogP contribution is -2.34. The smallest absolute Gasteiger partial charge is 0.444 e. The van der Waals surface area contributed by atoms with E-state index in [9.17, 15) is 32.6 Å². The van der Waals surface area contributed by atoms with Crippen LogP contribution in [0.25, 0.3) is 0 Å². The van der Waals surface area contributed by atoms with Crippen LogP contribution >= 0.6 is 0 Å². The molecule has 26 heavy (non-hydrogen) atoms. The van der Waals surface area contributed by atoms with Crippen LogP contribution < -0.4 is 10.1 Å². The highest BCUT2D eigenvalue weighted by Crippen LogP contribution is 2.28. The minimum absolute atomic E-state index is 0.0368. The molecule has 1 amide bonds. The number of aliphatic hydroxyl groups excluding tert-OH is 2. The van der Waals surface area contributed by atoms with Gasteiger partial charge in [-0.15, -0.1) is 13.2 Å². The molecule has 1 rings (SSSR count). The summed E-state index contributed by atoms with van der Waals surface area (Å²) in [5.74, 6) is -2.38. The Bertz CT molecular complexity index is 616. The van der Waals surface area contributed by atoms with Crippen LogP contribution in [0, 0.1) is 5.82 Å². The average molecular weight is 383 g/mol. The summed E-state index contributed by atoms with van der Waals surface area (Å²) in [6.07, 6.45) is -8.81. The predicted octanol–water partition coefficient (Wildman–Crippen LogP) is 3.03. The van der Waals surface area contributed by atoms with Crippen molar-refractivity contribution in [1.29, 1.82) is 0 Å². The number of amides is 1. The largest absolute Gasteiger partial charge is 0.573 e. The van der Waals surface area contributed by atoms with Crippen LogP contribution in [0.1, 0.15) is 38.9 Å². The highest BCUT2D eigenvalue weighted by Gasteiger charge is 2.32. The molecule has 0 fully saturated rings. The Balaban J connectivity index is 2.59. The topological polar surface area (TPSA) is 88.0 Å². The van der Waals surface area contributed by atoms with Crippen LogP contribution in [0.2, 0.25) is 0 Å². The van der Waals surface area contributed by atoms with Gasteiger partial charge in [0, 0.05) is 6.54 Å². The van der Waals surface area contributed by atoms with Gasteiger partial charge in [0.15, 0.2) is 11.6 Å². The quantitative estimate of drug-likeness (QED) is 0.658. The lowest BCUT2D eigenvalue weighted by molar-refractivity contribution is -0.275. The van der Waals surface area contributed by atoms with Crippen LogP contribution in [-0.4, -0.2) is 40.9 Å². The number of hydrogen-bond donors (Lipinski definition) is 3. The van der Waals surface area contributed by atoms with Gasteiger partial charge in [0.2, 0.25) is 0 Å². The van der Waals surface area contributed by atoms with Crippen molar-refractivity contribution in [2.75, 3.05) is 6.54 Å². The second kappa shape index (κ2) is 8.54. The van der Waals surface area contributed by atoms with E-state index in [1.54, 1.807) is 20.8 Å². The summed E-state index contributed by atoms with van der Waals surface area (Å²) in [6.45, 7) is 4.98. The lowest BCUT2D eigenvalue weighted by atomic mass is 10.0. The summed E-state index contributed by atoms with van der Waals surface area (Å²) in [5, 5.41) is 22.2. The first-order valence-electron chi connectivity index (χ1n) is 7.66. The van der Waals surface area contributed by atoms with Crippen LogP contribution in [0.15, 0.2) is 18.2 Å². The SMILES string of the molecule is CC(C)(C)OC(=O)NCCC(O)C(O)c1ccc(OC(F)(F)F)c(F)c1. The Labute approximate surface area is 147 Å². The minimum Gasteiger partial charge on any atom is -0.444 e. The molecular weight excluding hydrogens is 362 g/mol. The molecule has 148 valence electrons. The van der Waals surface area contributed by atoms with Crippen LogP contribution in [0.3, 0.4) is 0 Å². The van der Waals surface area contributed by atoms with Gasteiger partial charge in [-0.3, -0.25) is 0 Å². The fourth-order valence-corrected chi connectivity index (χ4v) is 1.92. The molecule has 3 N–H and O–H groups in total. The molecule has 0 radical (unpaired) electrons. The first-order valence-corrected chi connectivity index (χ1v) is 7.66. The number of halogens is 4. The second-order valence-electron chi connectivity index (χ2n) is 6.47. The second-order valence-corrected chi connectivity index (χ2v) is 6.47. The number of rotatable bonds is 6. The molecule has 0 spiro atoms. The number of alkyl carbamates (subject to hydrolysis) is 1. The van der Waals surface area contributed by atoms with Crippen LogP contribution in [0.4, 0.5) is 22.4 Å². The van der Waals surface area contributed by atoms with Gasteiger partial charge in [0.1, 0.15) is 11.7 Å². The van der Waals surface area contributed by atoms with Gasteiger partial charge in [-0.25, -0.2) is 9.18 Å². The Morgan fingerprint density at radius 3 is 2.35 bits per heavy atom. The van der Waals surface area contributed by atoms with E-state index in [-0.39, 0.29) is 18.5 Å². The van der Waals surface area contributed by atoms with E-state index in [4.69, 9.17) is 4.74 Å². The zero-order chi connectivity index (χ0) is 20.1. The Hall–Kier alpha value is -2.07. The Kier molecular flexibility index (Phi) is 7.22. The standard InChI is InChI=1S/C16H21F4NO5/c1-15(2,3)26-14(24)21-7-6-11(22)13(23)9-4-5-12(10(17)8-9)25-16(18,19)20/h4-5,8,11,13,22-23H,6-7H2,1-3H3,(H,21,24). The molecule has 0 aromatic heterocycles. The van der Waals surface area contributed by atoms with E-state index in [2.05, 4.69) is 10.1 Å². The molecule has 6 nitrogen and oxygen atoms in total. The molecule has 0 saturated heterocycles. The Morgan fingerprint density at radius 2 is 1.85 bits per heavy atom.